The Morgan fingerprint density at radius 1 is 1.19 bits per heavy atom. The second-order valence-corrected chi connectivity index (χ2v) is 6.61. The van der Waals surface area contributed by atoms with E-state index in [0.29, 0.717) is 6.54 Å². The zero-order chi connectivity index (χ0) is 17.9. The summed E-state index contributed by atoms with van der Waals surface area (Å²) in [6.45, 7) is 1.19. The van der Waals surface area contributed by atoms with Crippen LogP contribution in [0.5, 0.6) is 0 Å². The van der Waals surface area contributed by atoms with E-state index in [1.807, 2.05) is 48.8 Å². The lowest BCUT2D eigenvalue weighted by Crippen LogP contribution is -2.29. The first-order valence-electron chi connectivity index (χ1n) is 8.88. The molecule has 2 aromatic carbocycles. The van der Waals surface area contributed by atoms with E-state index in [1.54, 1.807) is 0 Å². The van der Waals surface area contributed by atoms with Crippen LogP contribution in [0.1, 0.15) is 18.4 Å². The molecule has 2 heterocycles. The Morgan fingerprint density at radius 3 is 2.77 bits per heavy atom. The lowest BCUT2D eigenvalue weighted by atomic mass is 10.1. The molecule has 0 bridgehead atoms. The summed E-state index contributed by atoms with van der Waals surface area (Å²) >= 11 is 0. The van der Waals surface area contributed by atoms with E-state index >= 15 is 0 Å². The second kappa shape index (κ2) is 7.27. The molecule has 2 atom stereocenters. The van der Waals surface area contributed by atoms with Gasteiger partial charge in [-0.15, -0.1) is 0 Å². The monoisotopic (exact) mass is 350 g/mol. The van der Waals surface area contributed by atoms with Crippen molar-refractivity contribution in [2.45, 2.75) is 31.6 Å². The fraction of sp³-hybridized carbons (Fsp3) is 0.300. The van der Waals surface area contributed by atoms with Crippen molar-refractivity contribution >= 4 is 22.6 Å². The molecule has 4 rings (SSSR count). The molecule has 1 fully saturated rings. The van der Waals surface area contributed by atoms with Crippen molar-refractivity contribution in [1.82, 2.24) is 9.55 Å². The summed E-state index contributed by atoms with van der Waals surface area (Å²) < 4.78 is 7.75. The molecule has 1 saturated heterocycles. The number of fused-ring (bicyclic) bond motifs is 1. The lowest BCUT2D eigenvalue weighted by Gasteiger charge is -2.13. The Hall–Kier alpha value is -2.70. The maximum Gasteiger partial charge on any atom is 0.253 e. The molecule has 0 unspecified atom stereocenters. The number of carbonyl (C=O) groups excluding carboxylic acids is 1. The van der Waals surface area contributed by atoms with Crippen LogP contribution in [0.4, 0.5) is 5.69 Å². The molecule has 0 spiro atoms. The Balaban J connectivity index is 1.40. The second-order valence-electron chi connectivity index (χ2n) is 6.61. The predicted octanol–water partition coefficient (Wildman–Crippen LogP) is 2.53. The largest absolute Gasteiger partial charge is 0.364 e. The Morgan fingerprint density at radius 2 is 2.00 bits per heavy atom. The van der Waals surface area contributed by atoms with Gasteiger partial charge >= 0.3 is 0 Å². The van der Waals surface area contributed by atoms with Gasteiger partial charge in [0.15, 0.2) is 0 Å². The van der Waals surface area contributed by atoms with Gasteiger partial charge in [0.25, 0.3) is 5.91 Å². The van der Waals surface area contributed by atoms with Crippen molar-refractivity contribution in [2.75, 3.05) is 11.9 Å². The highest BCUT2D eigenvalue weighted by atomic mass is 16.5. The predicted molar refractivity (Wildman–Crippen MR) is 101 cm³/mol. The first kappa shape index (κ1) is 16.8. The highest BCUT2D eigenvalue weighted by Gasteiger charge is 2.29. The first-order valence-corrected chi connectivity index (χ1v) is 8.88. The molecule has 26 heavy (non-hydrogen) atoms. The van der Waals surface area contributed by atoms with Gasteiger partial charge in [-0.2, -0.15) is 0 Å². The summed E-state index contributed by atoms with van der Waals surface area (Å²) in [5, 5.41) is 2.92. The molecule has 0 aliphatic carbocycles. The van der Waals surface area contributed by atoms with Gasteiger partial charge in [0.05, 0.1) is 23.5 Å². The molecule has 6 nitrogen and oxygen atoms in total. The smallest absolute Gasteiger partial charge is 0.253 e. The van der Waals surface area contributed by atoms with E-state index < -0.39 is 6.10 Å². The number of hydrogen-bond acceptors (Lipinski definition) is 4. The lowest BCUT2D eigenvalue weighted by molar-refractivity contribution is -0.126. The van der Waals surface area contributed by atoms with Crippen molar-refractivity contribution in [3.05, 3.63) is 60.4 Å². The molecule has 134 valence electrons. The maximum absolute atomic E-state index is 12.3. The molecule has 1 aliphatic rings. The van der Waals surface area contributed by atoms with E-state index in [0.717, 1.165) is 41.7 Å². The molecule has 1 aliphatic heterocycles. The van der Waals surface area contributed by atoms with Crippen molar-refractivity contribution in [1.29, 1.82) is 0 Å². The highest BCUT2D eigenvalue weighted by Crippen LogP contribution is 2.21. The van der Waals surface area contributed by atoms with Crippen LogP contribution in [-0.2, 0) is 16.1 Å². The van der Waals surface area contributed by atoms with E-state index in [2.05, 4.69) is 20.9 Å². The molecule has 1 amide bonds. The quantitative estimate of drug-likeness (QED) is 0.741. The molecule has 6 heteroatoms. The van der Waals surface area contributed by atoms with Crippen LogP contribution in [0.2, 0.25) is 0 Å². The Bertz CT molecular complexity index is 904. The third-order valence-corrected chi connectivity index (χ3v) is 4.76. The molecule has 0 radical (unpaired) electrons. The van der Waals surface area contributed by atoms with Crippen LogP contribution < -0.4 is 11.1 Å². The molecule has 0 saturated carbocycles. The van der Waals surface area contributed by atoms with Gasteiger partial charge in [0, 0.05) is 18.8 Å². The van der Waals surface area contributed by atoms with Crippen molar-refractivity contribution in [2.24, 2.45) is 5.73 Å². The average Bonchev–Trinajstić information content (AvgIpc) is 3.31. The van der Waals surface area contributed by atoms with Crippen molar-refractivity contribution in [3.8, 4) is 0 Å². The number of aromatic nitrogens is 2. The number of benzene rings is 2. The summed E-state index contributed by atoms with van der Waals surface area (Å²) in [5.41, 5.74) is 9.61. The van der Waals surface area contributed by atoms with E-state index in [-0.39, 0.29) is 12.0 Å². The third-order valence-electron chi connectivity index (χ3n) is 4.76. The zero-order valence-corrected chi connectivity index (χ0v) is 14.5. The van der Waals surface area contributed by atoms with Crippen LogP contribution in [0.3, 0.4) is 0 Å². The number of amides is 1. The number of carbonyl (C=O) groups is 1. The fourth-order valence-electron chi connectivity index (χ4n) is 3.32. The first-order chi connectivity index (χ1) is 12.7. The minimum absolute atomic E-state index is 0.00173. The molecule has 1 aromatic heterocycles. The van der Waals surface area contributed by atoms with Gasteiger partial charge in [-0.25, -0.2) is 4.98 Å². The van der Waals surface area contributed by atoms with Gasteiger partial charge in [0.1, 0.15) is 6.10 Å². The number of para-hydroxylation sites is 2. The number of hydrogen-bond donors (Lipinski definition) is 2. The van der Waals surface area contributed by atoms with Crippen molar-refractivity contribution < 1.29 is 9.53 Å². The average molecular weight is 350 g/mol. The van der Waals surface area contributed by atoms with Gasteiger partial charge in [-0.3, -0.25) is 4.79 Å². The van der Waals surface area contributed by atoms with Gasteiger partial charge in [-0.1, -0.05) is 24.3 Å². The van der Waals surface area contributed by atoms with Gasteiger partial charge in [0.2, 0.25) is 0 Å². The highest BCUT2D eigenvalue weighted by molar-refractivity contribution is 5.94. The SMILES string of the molecule is NC[C@H]1CC[C@@H](C(=O)Nc2ccc(Cn3cnc4ccccc43)cc2)O1. The number of anilines is 1. The summed E-state index contributed by atoms with van der Waals surface area (Å²) in [5.74, 6) is -0.102. The third kappa shape index (κ3) is 3.47. The van der Waals surface area contributed by atoms with Crippen molar-refractivity contribution in [3.63, 3.8) is 0 Å². The number of rotatable bonds is 5. The minimum atomic E-state index is -0.402. The van der Waals surface area contributed by atoms with Crippen LogP contribution in [0.25, 0.3) is 11.0 Å². The summed E-state index contributed by atoms with van der Waals surface area (Å²) in [6.07, 6.45) is 3.01. The van der Waals surface area contributed by atoms with E-state index in [9.17, 15) is 4.79 Å². The van der Waals surface area contributed by atoms with Crippen LogP contribution >= 0.6 is 0 Å². The number of nitrogens with two attached hydrogens (primary N) is 1. The Kier molecular flexibility index (Phi) is 4.69. The maximum atomic E-state index is 12.3. The number of nitrogens with zero attached hydrogens (tertiary/aromatic N) is 2. The fourth-order valence-corrected chi connectivity index (χ4v) is 3.32. The van der Waals surface area contributed by atoms with Gasteiger partial charge < -0.3 is 20.4 Å². The summed E-state index contributed by atoms with van der Waals surface area (Å²) in [6, 6.07) is 15.9. The number of nitrogens with one attached hydrogen (secondary N) is 1. The summed E-state index contributed by atoms with van der Waals surface area (Å²) in [4.78, 5) is 16.7. The molecular weight excluding hydrogens is 328 g/mol. The summed E-state index contributed by atoms with van der Waals surface area (Å²) in [7, 11) is 0. The molecule has 3 aromatic rings. The number of imidazole rings is 1. The van der Waals surface area contributed by atoms with E-state index in [4.69, 9.17) is 10.5 Å². The van der Waals surface area contributed by atoms with E-state index in [1.165, 1.54) is 0 Å². The molecular formula is C20H22N4O2. The van der Waals surface area contributed by atoms with Crippen LogP contribution in [-0.4, -0.2) is 34.2 Å². The number of ether oxygens (including phenoxy) is 1. The van der Waals surface area contributed by atoms with Crippen LogP contribution in [0, 0.1) is 0 Å². The Labute approximate surface area is 152 Å². The van der Waals surface area contributed by atoms with Gasteiger partial charge in [-0.05, 0) is 42.7 Å². The standard InChI is InChI=1S/C20H22N4O2/c21-11-16-9-10-19(26-16)20(25)23-15-7-5-14(6-8-15)12-24-13-22-17-3-1-2-4-18(17)24/h1-8,13,16,19H,9-12,21H2,(H,23,25)/t16-,19+/m1/s1. The zero-order valence-electron chi connectivity index (χ0n) is 14.5. The topological polar surface area (TPSA) is 82.2 Å². The van der Waals surface area contributed by atoms with Crippen LogP contribution in [0.15, 0.2) is 54.9 Å². The minimum Gasteiger partial charge on any atom is -0.364 e. The normalized spacial score (nSPS) is 19.7. The molecule has 3 N–H and O–H groups in total.